The van der Waals surface area contributed by atoms with Crippen LogP contribution in [0, 0.1) is 6.92 Å². The Hall–Kier alpha value is -1.69. The second-order valence-corrected chi connectivity index (χ2v) is 5.70. The molecular weight excluding hydrogens is 266 g/mol. The van der Waals surface area contributed by atoms with Crippen LogP contribution in [0.25, 0.3) is 0 Å². The lowest BCUT2D eigenvalue weighted by Gasteiger charge is -2.25. The molecule has 1 aromatic carbocycles. The third-order valence-electron chi connectivity index (χ3n) is 3.33. The lowest BCUT2D eigenvalue weighted by molar-refractivity contribution is -0.143. The standard InChI is InChI=1S/C13H15NO4S/c1-8-9(3-2-4-10(8)15)11(16)14-13(12(17)18)5-6-19-7-13/h2-4,15H,5-7H2,1H3,(H,14,16)(H,17,18). The quantitative estimate of drug-likeness (QED) is 0.779. The van der Waals surface area contributed by atoms with Crippen LogP contribution in [-0.4, -0.2) is 39.1 Å². The van der Waals surface area contributed by atoms with Crippen LogP contribution in [0.2, 0.25) is 0 Å². The van der Waals surface area contributed by atoms with Crippen molar-refractivity contribution < 1.29 is 19.8 Å². The van der Waals surface area contributed by atoms with Gasteiger partial charge in [0.25, 0.3) is 5.91 Å². The average molecular weight is 281 g/mol. The van der Waals surface area contributed by atoms with Gasteiger partial charge in [-0.2, -0.15) is 11.8 Å². The second kappa shape index (κ2) is 5.13. The molecule has 2 rings (SSSR count). The highest BCUT2D eigenvalue weighted by Gasteiger charge is 2.43. The van der Waals surface area contributed by atoms with Crippen molar-refractivity contribution in [3.8, 4) is 5.75 Å². The fraction of sp³-hybridized carbons (Fsp3) is 0.385. The maximum absolute atomic E-state index is 12.2. The van der Waals surface area contributed by atoms with Gasteiger partial charge in [-0.3, -0.25) is 4.79 Å². The van der Waals surface area contributed by atoms with E-state index in [4.69, 9.17) is 0 Å². The Balaban J connectivity index is 2.25. The van der Waals surface area contributed by atoms with Gasteiger partial charge in [-0.25, -0.2) is 4.79 Å². The molecule has 1 unspecified atom stereocenters. The highest BCUT2D eigenvalue weighted by Crippen LogP contribution is 2.29. The Morgan fingerprint density at radius 2 is 2.16 bits per heavy atom. The maximum Gasteiger partial charge on any atom is 0.330 e. The number of phenolic OH excluding ortho intramolecular Hbond substituents is 1. The Morgan fingerprint density at radius 1 is 1.42 bits per heavy atom. The summed E-state index contributed by atoms with van der Waals surface area (Å²) in [6.45, 7) is 1.63. The summed E-state index contributed by atoms with van der Waals surface area (Å²) in [7, 11) is 0. The Labute approximate surface area is 115 Å². The molecule has 5 nitrogen and oxygen atoms in total. The fourth-order valence-corrected chi connectivity index (χ4v) is 3.37. The van der Waals surface area contributed by atoms with Gasteiger partial charge in [-0.1, -0.05) is 6.07 Å². The van der Waals surface area contributed by atoms with Gasteiger partial charge in [-0.15, -0.1) is 0 Å². The third-order valence-corrected chi connectivity index (χ3v) is 4.52. The molecule has 0 aromatic heterocycles. The predicted molar refractivity (Wildman–Crippen MR) is 72.6 cm³/mol. The van der Waals surface area contributed by atoms with Crippen molar-refractivity contribution in [1.29, 1.82) is 0 Å². The van der Waals surface area contributed by atoms with Gasteiger partial charge < -0.3 is 15.5 Å². The van der Waals surface area contributed by atoms with E-state index in [-0.39, 0.29) is 5.75 Å². The van der Waals surface area contributed by atoms with Crippen LogP contribution in [0.4, 0.5) is 0 Å². The summed E-state index contributed by atoms with van der Waals surface area (Å²) in [6.07, 6.45) is 0.413. The van der Waals surface area contributed by atoms with Crippen molar-refractivity contribution in [2.75, 3.05) is 11.5 Å². The molecule has 0 aliphatic carbocycles. The average Bonchev–Trinajstić information content (AvgIpc) is 2.82. The molecule has 1 amide bonds. The molecule has 1 aliphatic rings. The zero-order valence-corrected chi connectivity index (χ0v) is 11.3. The molecule has 0 bridgehead atoms. The van der Waals surface area contributed by atoms with Crippen LogP contribution in [0.3, 0.4) is 0 Å². The summed E-state index contributed by atoms with van der Waals surface area (Å²) >= 11 is 1.51. The number of thioether (sulfide) groups is 1. The molecule has 1 atom stereocenters. The van der Waals surface area contributed by atoms with E-state index < -0.39 is 17.4 Å². The van der Waals surface area contributed by atoms with Gasteiger partial charge in [0, 0.05) is 16.9 Å². The number of benzene rings is 1. The minimum atomic E-state index is -1.19. The van der Waals surface area contributed by atoms with Gasteiger partial charge >= 0.3 is 5.97 Å². The topological polar surface area (TPSA) is 86.6 Å². The zero-order valence-electron chi connectivity index (χ0n) is 10.5. The van der Waals surface area contributed by atoms with Gasteiger partial charge in [0.2, 0.25) is 0 Å². The monoisotopic (exact) mass is 281 g/mol. The SMILES string of the molecule is Cc1c(O)cccc1C(=O)NC1(C(=O)O)CCSC1. The number of hydrogen-bond donors (Lipinski definition) is 3. The zero-order chi connectivity index (χ0) is 14.0. The van der Waals surface area contributed by atoms with E-state index in [9.17, 15) is 19.8 Å². The van der Waals surface area contributed by atoms with E-state index in [2.05, 4.69) is 5.32 Å². The molecule has 19 heavy (non-hydrogen) atoms. The van der Waals surface area contributed by atoms with E-state index >= 15 is 0 Å². The number of carboxylic acid groups (broad SMARTS) is 1. The van der Waals surface area contributed by atoms with Crippen molar-refractivity contribution >= 4 is 23.6 Å². The highest BCUT2D eigenvalue weighted by molar-refractivity contribution is 7.99. The van der Waals surface area contributed by atoms with Crippen molar-refractivity contribution in [3.63, 3.8) is 0 Å². The summed E-state index contributed by atoms with van der Waals surface area (Å²) in [6, 6.07) is 4.63. The van der Waals surface area contributed by atoms with E-state index in [0.29, 0.717) is 29.1 Å². The van der Waals surface area contributed by atoms with Crippen LogP contribution in [0.1, 0.15) is 22.3 Å². The summed E-state index contributed by atoms with van der Waals surface area (Å²) in [5.74, 6) is -0.364. The Morgan fingerprint density at radius 3 is 2.74 bits per heavy atom. The first-order valence-corrected chi connectivity index (χ1v) is 7.04. The van der Waals surface area contributed by atoms with E-state index in [1.165, 1.54) is 17.8 Å². The number of rotatable bonds is 3. The molecule has 102 valence electrons. The lowest BCUT2D eigenvalue weighted by atomic mass is 9.97. The normalized spacial score (nSPS) is 22.2. The first-order valence-electron chi connectivity index (χ1n) is 5.88. The maximum atomic E-state index is 12.2. The molecule has 3 N–H and O–H groups in total. The van der Waals surface area contributed by atoms with Crippen molar-refractivity contribution in [2.24, 2.45) is 0 Å². The second-order valence-electron chi connectivity index (χ2n) is 4.59. The Kier molecular flexibility index (Phi) is 3.71. The molecular formula is C13H15NO4S. The molecule has 6 heteroatoms. The summed E-state index contributed by atoms with van der Waals surface area (Å²) < 4.78 is 0. The molecule has 1 fully saturated rings. The summed E-state index contributed by atoms with van der Waals surface area (Å²) in [5, 5.41) is 21.5. The van der Waals surface area contributed by atoms with Gasteiger partial charge in [0.1, 0.15) is 11.3 Å². The number of amides is 1. The smallest absolute Gasteiger partial charge is 0.330 e. The molecule has 0 spiro atoms. The number of phenols is 1. The van der Waals surface area contributed by atoms with E-state index in [1.807, 2.05) is 0 Å². The Bertz CT molecular complexity index is 523. The number of nitrogens with one attached hydrogen (secondary N) is 1. The predicted octanol–water partition coefficient (Wildman–Crippen LogP) is 1.39. The van der Waals surface area contributed by atoms with Crippen LogP contribution < -0.4 is 5.32 Å². The fourth-order valence-electron chi connectivity index (χ4n) is 2.04. The van der Waals surface area contributed by atoms with Crippen LogP contribution in [0.15, 0.2) is 18.2 Å². The van der Waals surface area contributed by atoms with Crippen LogP contribution in [0.5, 0.6) is 5.75 Å². The first kappa shape index (κ1) is 13.7. The number of aromatic hydroxyl groups is 1. The number of carboxylic acids is 1. The summed E-state index contributed by atoms with van der Waals surface area (Å²) in [4.78, 5) is 23.6. The number of hydrogen-bond acceptors (Lipinski definition) is 4. The minimum absolute atomic E-state index is 0.0258. The number of carbonyl (C=O) groups is 2. The number of aliphatic carboxylic acids is 1. The lowest BCUT2D eigenvalue weighted by Crippen LogP contribution is -2.54. The molecule has 0 radical (unpaired) electrons. The largest absolute Gasteiger partial charge is 0.508 e. The number of carbonyl (C=O) groups excluding carboxylic acids is 1. The molecule has 0 saturated carbocycles. The van der Waals surface area contributed by atoms with Crippen molar-refractivity contribution in [1.82, 2.24) is 5.32 Å². The molecule has 1 saturated heterocycles. The van der Waals surface area contributed by atoms with E-state index in [0.717, 1.165) is 0 Å². The van der Waals surface area contributed by atoms with Crippen molar-refractivity contribution in [3.05, 3.63) is 29.3 Å². The van der Waals surface area contributed by atoms with Crippen LogP contribution in [-0.2, 0) is 4.79 Å². The minimum Gasteiger partial charge on any atom is -0.508 e. The highest BCUT2D eigenvalue weighted by atomic mass is 32.2. The van der Waals surface area contributed by atoms with Crippen molar-refractivity contribution in [2.45, 2.75) is 18.9 Å². The van der Waals surface area contributed by atoms with Crippen LogP contribution >= 0.6 is 11.8 Å². The molecule has 1 heterocycles. The third kappa shape index (κ3) is 2.53. The van der Waals surface area contributed by atoms with Gasteiger partial charge in [0.05, 0.1) is 0 Å². The van der Waals surface area contributed by atoms with Gasteiger partial charge in [-0.05, 0) is 31.2 Å². The molecule has 1 aliphatic heterocycles. The van der Waals surface area contributed by atoms with Gasteiger partial charge in [0.15, 0.2) is 0 Å². The van der Waals surface area contributed by atoms with E-state index in [1.54, 1.807) is 19.1 Å². The molecule has 1 aromatic rings. The first-order chi connectivity index (χ1) is 8.96. The summed E-state index contributed by atoms with van der Waals surface area (Å²) in [5.41, 5.74) is -0.441.